The first-order valence-corrected chi connectivity index (χ1v) is 3.62. The van der Waals surface area contributed by atoms with Crippen LogP contribution < -0.4 is 5.73 Å². The van der Waals surface area contributed by atoms with E-state index in [2.05, 4.69) is 16.8 Å². The van der Waals surface area contributed by atoms with Gasteiger partial charge in [-0.15, -0.1) is 0 Å². The summed E-state index contributed by atoms with van der Waals surface area (Å²) in [7, 11) is 0. The number of aromatic nitrogens is 1. The molecule has 0 radical (unpaired) electrons. The van der Waals surface area contributed by atoms with Gasteiger partial charge in [0.05, 0.1) is 17.1 Å². The fourth-order valence-corrected chi connectivity index (χ4v) is 0.814. The van der Waals surface area contributed by atoms with Gasteiger partial charge in [-0.05, 0) is 6.07 Å². The molecule has 1 heterocycles. The predicted octanol–water partition coefficient (Wildman–Crippen LogP) is 1.18. The van der Waals surface area contributed by atoms with Crippen LogP contribution in [0, 0.1) is 17.8 Å². The molecule has 0 atom stereocenters. The van der Waals surface area contributed by atoms with E-state index >= 15 is 0 Å². The van der Waals surface area contributed by atoms with Gasteiger partial charge in [0.25, 0.3) is 0 Å². The molecule has 2 nitrogen and oxygen atoms in total. The maximum Gasteiger partial charge on any atom is 0.228 e. The second-order valence-electron chi connectivity index (χ2n) is 2.00. The van der Waals surface area contributed by atoms with Gasteiger partial charge in [-0.1, -0.05) is 23.4 Å². The Morgan fingerprint density at radius 3 is 3.08 bits per heavy atom. The maximum atomic E-state index is 12.8. The lowest BCUT2D eigenvalue weighted by atomic mass is 10.3. The lowest BCUT2D eigenvalue weighted by Crippen LogP contribution is -1.94. The summed E-state index contributed by atoms with van der Waals surface area (Å²) in [5.74, 6) is 4.40. The zero-order valence-electron chi connectivity index (χ0n) is 6.14. The molecule has 1 rings (SSSR count). The summed E-state index contributed by atoms with van der Waals surface area (Å²) in [5, 5.41) is 0.359. The van der Waals surface area contributed by atoms with Crippen molar-refractivity contribution in [2.45, 2.75) is 0 Å². The second-order valence-corrected chi connectivity index (χ2v) is 2.43. The van der Waals surface area contributed by atoms with Crippen molar-refractivity contribution in [1.29, 1.82) is 0 Å². The van der Waals surface area contributed by atoms with Crippen molar-refractivity contribution >= 4 is 11.6 Å². The molecule has 4 heteroatoms. The fourth-order valence-electron chi connectivity index (χ4n) is 0.657. The zero-order chi connectivity index (χ0) is 8.97. The van der Waals surface area contributed by atoms with Gasteiger partial charge < -0.3 is 5.73 Å². The van der Waals surface area contributed by atoms with Gasteiger partial charge in [-0.2, -0.15) is 4.39 Å². The third-order valence-electron chi connectivity index (χ3n) is 1.13. The van der Waals surface area contributed by atoms with Crippen LogP contribution in [0.1, 0.15) is 5.56 Å². The number of hydrogen-bond donors (Lipinski definition) is 1. The minimum Gasteiger partial charge on any atom is -0.320 e. The SMILES string of the molecule is NCC#Cc1cc(Cl)cnc1F. The number of nitrogens with zero attached hydrogens (tertiary/aromatic N) is 1. The van der Waals surface area contributed by atoms with Crippen LogP contribution in [0.2, 0.25) is 5.02 Å². The van der Waals surface area contributed by atoms with Crippen LogP contribution in [0.5, 0.6) is 0 Å². The summed E-state index contributed by atoms with van der Waals surface area (Å²) >= 11 is 5.57. The topological polar surface area (TPSA) is 38.9 Å². The van der Waals surface area contributed by atoms with Crippen molar-refractivity contribution in [1.82, 2.24) is 4.98 Å². The minimum absolute atomic E-state index is 0.174. The molecular formula is C8H6ClFN2. The van der Waals surface area contributed by atoms with E-state index in [0.29, 0.717) is 5.02 Å². The molecule has 1 aromatic heterocycles. The normalized spacial score (nSPS) is 8.92. The molecule has 0 aliphatic rings. The molecular weight excluding hydrogens is 179 g/mol. The van der Waals surface area contributed by atoms with Gasteiger partial charge >= 0.3 is 0 Å². The van der Waals surface area contributed by atoms with Crippen LogP contribution in [0.3, 0.4) is 0 Å². The van der Waals surface area contributed by atoms with E-state index in [1.165, 1.54) is 12.3 Å². The molecule has 0 aromatic carbocycles. The van der Waals surface area contributed by atoms with Crippen LogP contribution in [0.25, 0.3) is 0 Å². The average Bonchev–Trinajstić information content (AvgIpc) is 2.07. The molecule has 0 aliphatic carbocycles. The van der Waals surface area contributed by atoms with Crippen molar-refractivity contribution in [2.75, 3.05) is 6.54 Å². The lowest BCUT2D eigenvalue weighted by Gasteiger charge is -1.92. The van der Waals surface area contributed by atoms with Gasteiger partial charge in [0.1, 0.15) is 0 Å². The molecule has 1 aromatic rings. The number of halogens is 2. The summed E-state index contributed by atoms with van der Waals surface area (Å²) in [6.45, 7) is 0.186. The summed E-state index contributed by atoms with van der Waals surface area (Å²) in [4.78, 5) is 3.39. The third-order valence-corrected chi connectivity index (χ3v) is 1.34. The van der Waals surface area contributed by atoms with E-state index in [9.17, 15) is 4.39 Å². The maximum absolute atomic E-state index is 12.8. The van der Waals surface area contributed by atoms with Gasteiger partial charge in [0.2, 0.25) is 5.95 Å². The van der Waals surface area contributed by atoms with Crippen LogP contribution >= 0.6 is 11.6 Å². The van der Waals surface area contributed by atoms with E-state index in [-0.39, 0.29) is 12.1 Å². The Labute approximate surface area is 74.6 Å². The highest BCUT2D eigenvalue weighted by atomic mass is 35.5. The standard InChI is InChI=1S/C8H6ClFN2/c9-7-4-6(2-1-3-11)8(10)12-5-7/h4-5H,3,11H2. The smallest absolute Gasteiger partial charge is 0.228 e. The van der Waals surface area contributed by atoms with E-state index in [1.807, 2.05) is 0 Å². The highest BCUT2D eigenvalue weighted by Gasteiger charge is 1.99. The number of hydrogen-bond acceptors (Lipinski definition) is 2. The first kappa shape index (κ1) is 8.98. The summed E-state index contributed by atoms with van der Waals surface area (Å²) < 4.78 is 12.8. The predicted molar refractivity (Wildman–Crippen MR) is 45.1 cm³/mol. The molecule has 0 saturated heterocycles. The second kappa shape index (κ2) is 4.05. The Morgan fingerprint density at radius 2 is 2.42 bits per heavy atom. The monoisotopic (exact) mass is 184 g/mol. The first-order valence-electron chi connectivity index (χ1n) is 3.24. The third kappa shape index (κ3) is 2.19. The quantitative estimate of drug-likeness (QED) is 0.486. The van der Waals surface area contributed by atoms with Crippen LogP contribution in [0.4, 0.5) is 4.39 Å². The average molecular weight is 185 g/mol. The molecule has 2 N–H and O–H groups in total. The number of pyridine rings is 1. The molecule has 62 valence electrons. The molecule has 0 fully saturated rings. The molecule has 0 spiro atoms. The van der Waals surface area contributed by atoms with Crippen molar-refractivity contribution in [3.05, 3.63) is 28.8 Å². The Hall–Kier alpha value is -1.11. The highest BCUT2D eigenvalue weighted by Crippen LogP contribution is 2.10. The van der Waals surface area contributed by atoms with Gasteiger partial charge in [0, 0.05) is 6.20 Å². The van der Waals surface area contributed by atoms with Crippen molar-refractivity contribution in [3.8, 4) is 11.8 Å². The molecule has 0 bridgehead atoms. The summed E-state index contributed by atoms with van der Waals surface area (Å²) in [6.07, 6.45) is 1.23. The summed E-state index contributed by atoms with van der Waals surface area (Å²) in [6, 6.07) is 1.41. The molecule has 0 aliphatic heterocycles. The molecule has 0 unspecified atom stereocenters. The van der Waals surface area contributed by atoms with Crippen LogP contribution in [-0.2, 0) is 0 Å². The Kier molecular flexibility index (Phi) is 3.03. The largest absolute Gasteiger partial charge is 0.320 e. The van der Waals surface area contributed by atoms with E-state index in [4.69, 9.17) is 17.3 Å². The number of rotatable bonds is 0. The Morgan fingerprint density at radius 1 is 1.67 bits per heavy atom. The van der Waals surface area contributed by atoms with Gasteiger partial charge in [0.15, 0.2) is 0 Å². The van der Waals surface area contributed by atoms with Gasteiger partial charge in [-0.25, -0.2) is 4.98 Å². The molecule has 0 saturated carbocycles. The van der Waals surface area contributed by atoms with Crippen molar-refractivity contribution in [3.63, 3.8) is 0 Å². The lowest BCUT2D eigenvalue weighted by molar-refractivity contribution is 0.580. The van der Waals surface area contributed by atoms with E-state index in [0.717, 1.165) is 0 Å². The van der Waals surface area contributed by atoms with Gasteiger partial charge in [-0.3, -0.25) is 0 Å². The van der Waals surface area contributed by atoms with Crippen LogP contribution in [0.15, 0.2) is 12.3 Å². The highest BCUT2D eigenvalue weighted by molar-refractivity contribution is 6.30. The summed E-state index contributed by atoms with van der Waals surface area (Å²) in [5.41, 5.74) is 5.29. The van der Waals surface area contributed by atoms with Crippen molar-refractivity contribution < 1.29 is 4.39 Å². The minimum atomic E-state index is -0.625. The van der Waals surface area contributed by atoms with Crippen LogP contribution in [-0.4, -0.2) is 11.5 Å². The van der Waals surface area contributed by atoms with E-state index in [1.54, 1.807) is 0 Å². The number of nitrogens with two attached hydrogens (primary N) is 1. The Bertz CT molecular complexity index is 341. The zero-order valence-corrected chi connectivity index (χ0v) is 6.90. The first-order chi connectivity index (χ1) is 5.74. The van der Waals surface area contributed by atoms with Crippen molar-refractivity contribution in [2.24, 2.45) is 5.73 Å². The fraction of sp³-hybridized carbons (Fsp3) is 0.125. The Balaban J connectivity index is 3.05. The molecule has 0 amide bonds. The van der Waals surface area contributed by atoms with E-state index < -0.39 is 5.95 Å². The molecule has 12 heavy (non-hydrogen) atoms.